The maximum atomic E-state index is 12.3. The largest absolute Gasteiger partial charge is 0.337 e. The summed E-state index contributed by atoms with van der Waals surface area (Å²) in [5.74, 6) is -1.87. The second kappa shape index (κ2) is 9.00. The average Bonchev–Trinajstić information content (AvgIpc) is 2.79. The van der Waals surface area contributed by atoms with E-state index in [0.29, 0.717) is 0 Å². The quantitative estimate of drug-likeness (QED) is 0.450. The van der Waals surface area contributed by atoms with Gasteiger partial charge in [-0.2, -0.15) is 20.2 Å². The maximum absolute atomic E-state index is 12.3. The topological polar surface area (TPSA) is 110 Å². The molecule has 0 aromatic carbocycles. The van der Waals surface area contributed by atoms with Crippen LogP contribution in [0.15, 0.2) is 0 Å². The molecule has 0 saturated carbocycles. The Hall–Kier alpha value is -1.13. The lowest BCUT2D eigenvalue weighted by Crippen LogP contribution is -2.48. The van der Waals surface area contributed by atoms with Crippen molar-refractivity contribution >= 4 is 39.6 Å². The predicted molar refractivity (Wildman–Crippen MR) is 95.1 cm³/mol. The molecule has 2 atom stereocenters. The standard InChI is InChI=1S/C15H26N2O6S2/c1-9(2)11-6-13(18)17(15(11)20)8-16-14(19)12(7-24-10(3)4)25(21,22)23-5/h9-12H,6-8H2,1-5H3,(H,16,19). The van der Waals surface area contributed by atoms with Crippen molar-refractivity contribution in [1.29, 1.82) is 0 Å². The molecular formula is C15H26N2O6S2. The van der Waals surface area contributed by atoms with Gasteiger partial charge in [0.25, 0.3) is 10.1 Å². The second-order valence-corrected chi connectivity index (χ2v) is 9.94. The molecule has 8 nitrogen and oxygen atoms in total. The van der Waals surface area contributed by atoms with E-state index in [1.807, 2.05) is 27.7 Å². The molecule has 1 N–H and O–H groups in total. The van der Waals surface area contributed by atoms with Gasteiger partial charge < -0.3 is 5.32 Å². The molecule has 0 aliphatic carbocycles. The lowest BCUT2D eigenvalue weighted by Gasteiger charge is -2.20. The van der Waals surface area contributed by atoms with E-state index in [-0.39, 0.29) is 41.8 Å². The van der Waals surface area contributed by atoms with Crippen molar-refractivity contribution in [3.8, 4) is 0 Å². The Labute approximate surface area is 153 Å². The van der Waals surface area contributed by atoms with Gasteiger partial charge in [-0.1, -0.05) is 27.7 Å². The zero-order valence-corrected chi connectivity index (χ0v) is 16.8. The third-order valence-electron chi connectivity index (χ3n) is 3.95. The number of amides is 3. The normalized spacial score (nSPS) is 19.8. The molecule has 1 aliphatic rings. The summed E-state index contributed by atoms with van der Waals surface area (Å²) in [5, 5.41) is 1.11. The van der Waals surface area contributed by atoms with Gasteiger partial charge in [0.05, 0.1) is 7.11 Å². The van der Waals surface area contributed by atoms with Gasteiger partial charge >= 0.3 is 0 Å². The number of rotatable bonds is 9. The molecular weight excluding hydrogens is 368 g/mol. The van der Waals surface area contributed by atoms with E-state index in [1.54, 1.807) is 0 Å². The Morgan fingerprint density at radius 3 is 2.36 bits per heavy atom. The molecule has 0 spiro atoms. The Bertz CT molecular complexity index is 618. The van der Waals surface area contributed by atoms with Crippen LogP contribution in [-0.2, 0) is 28.7 Å². The van der Waals surface area contributed by atoms with E-state index in [9.17, 15) is 22.8 Å². The number of nitrogens with one attached hydrogen (secondary N) is 1. The molecule has 0 aromatic rings. The summed E-state index contributed by atoms with van der Waals surface area (Å²) in [5.41, 5.74) is 0. The number of likely N-dealkylation sites (tertiary alicyclic amines) is 1. The summed E-state index contributed by atoms with van der Waals surface area (Å²) in [6.45, 7) is 7.13. The summed E-state index contributed by atoms with van der Waals surface area (Å²) in [6.07, 6.45) is 0.107. The first-order chi connectivity index (χ1) is 11.5. The van der Waals surface area contributed by atoms with Gasteiger partial charge in [0.2, 0.25) is 17.7 Å². The second-order valence-electron chi connectivity index (χ2n) is 6.44. The molecule has 1 heterocycles. The van der Waals surface area contributed by atoms with Crippen LogP contribution in [0.2, 0.25) is 0 Å². The van der Waals surface area contributed by atoms with Crippen molar-refractivity contribution < 1.29 is 27.0 Å². The molecule has 2 unspecified atom stereocenters. The molecule has 0 bridgehead atoms. The number of nitrogens with zero attached hydrogens (tertiary/aromatic N) is 1. The van der Waals surface area contributed by atoms with Crippen LogP contribution >= 0.6 is 11.8 Å². The molecule has 1 saturated heterocycles. The van der Waals surface area contributed by atoms with Gasteiger partial charge in [-0.3, -0.25) is 23.5 Å². The first-order valence-electron chi connectivity index (χ1n) is 8.04. The highest BCUT2D eigenvalue weighted by Crippen LogP contribution is 2.25. The number of carbonyl (C=O) groups excluding carboxylic acids is 3. The van der Waals surface area contributed by atoms with E-state index in [4.69, 9.17) is 0 Å². The van der Waals surface area contributed by atoms with Gasteiger partial charge in [0, 0.05) is 18.1 Å². The number of imide groups is 1. The van der Waals surface area contributed by atoms with Crippen LogP contribution in [-0.4, -0.2) is 61.1 Å². The van der Waals surface area contributed by atoms with Gasteiger partial charge in [-0.25, -0.2) is 0 Å². The first kappa shape index (κ1) is 21.9. The van der Waals surface area contributed by atoms with Gasteiger partial charge in [0.15, 0.2) is 5.25 Å². The number of thioether (sulfide) groups is 1. The molecule has 10 heteroatoms. The van der Waals surface area contributed by atoms with Crippen molar-refractivity contribution in [2.45, 2.75) is 44.6 Å². The first-order valence-corrected chi connectivity index (χ1v) is 10.6. The molecule has 25 heavy (non-hydrogen) atoms. The average molecular weight is 395 g/mol. The highest BCUT2D eigenvalue weighted by atomic mass is 32.2. The number of hydrogen-bond acceptors (Lipinski definition) is 7. The van der Waals surface area contributed by atoms with E-state index in [0.717, 1.165) is 12.0 Å². The minimum absolute atomic E-state index is 0.0150. The van der Waals surface area contributed by atoms with E-state index in [1.165, 1.54) is 11.8 Å². The Morgan fingerprint density at radius 2 is 1.92 bits per heavy atom. The summed E-state index contributed by atoms with van der Waals surface area (Å²) in [4.78, 5) is 37.5. The van der Waals surface area contributed by atoms with Crippen LogP contribution in [0.5, 0.6) is 0 Å². The van der Waals surface area contributed by atoms with Crippen LogP contribution in [0, 0.1) is 11.8 Å². The van der Waals surface area contributed by atoms with E-state index >= 15 is 0 Å². The zero-order chi connectivity index (χ0) is 19.4. The van der Waals surface area contributed by atoms with Gasteiger partial charge in [-0.05, 0) is 11.2 Å². The third-order valence-corrected chi connectivity index (χ3v) is 6.89. The summed E-state index contributed by atoms with van der Waals surface area (Å²) in [6, 6.07) is 0. The monoisotopic (exact) mass is 394 g/mol. The molecule has 1 aliphatic heterocycles. The molecule has 1 rings (SSSR count). The summed E-state index contributed by atoms with van der Waals surface area (Å²) < 4.78 is 28.4. The van der Waals surface area contributed by atoms with Crippen molar-refractivity contribution in [3.63, 3.8) is 0 Å². The maximum Gasteiger partial charge on any atom is 0.279 e. The third kappa shape index (κ3) is 5.68. The molecule has 3 amide bonds. The van der Waals surface area contributed by atoms with Crippen LogP contribution in [0.1, 0.15) is 34.1 Å². The number of hydrogen-bond donors (Lipinski definition) is 1. The highest BCUT2D eigenvalue weighted by Gasteiger charge is 2.41. The summed E-state index contributed by atoms with van der Waals surface area (Å²) in [7, 11) is -3.08. The van der Waals surface area contributed by atoms with E-state index in [2.05, 4.69) is 9.50 Å². The minimum atomic E-state index is -4.07. The molecule has 0 aromatic heterocycles. The minimum Gasteiger partial charge on any atom is -0.337 e. The smallest absolute Gasteiger partial charge is 0.279 e. The van der Waals surface area contributed by atoms with Crippen LogP contribution < -0.4 is 5.32 Å². The Kier molecular flexibility index (Phi) is 7.88. The van der Waals surface area contributed by atoms with Crippen molar-refractivity contribution in [3.05, 3.63) is 0 Å². The van der Waals surface area contributed by atoms with Crippen molar-refractivity contribution in [1.82, 2.24) is 10.2 Å². The Morgan fingerprint density at radius 1 is 1.32 bits per heavy atom. The van der Waals surface area contributed by atoms with Crippen LogP contribution in [0.4, 0.5) is 0 Å². The molecule has 144 valence electrons. The van der Waals surface area contributed by atoms with Crippen molar-refractivity contribution in [2.75, 3.05) is 19.5 Å². The SMILES string of the molecule is COS(=O)(=O)C(CSC(C)C)C(=O)NCN1C(=O)CC(C(C)C)C1=O. The van der Waals surface area contributed by atoms with Crippen LogP contribution in [0.25, 0.3) is 0 Å². The lowest BCUT2D eigenvalue weighted by atomic mass is 9.94. The van der Waals surface area contributed by atoms with E-state index < -0.39 is 27.2 Å². The fourth-order valence-electron chi connectivity index (χ4n) is 2.35. The van der Waals surface area contributed by atoms with Crippen molar-refractivity contribution in [2.24, 2.45) is 11.8 Å². The fraction of sp³-hybridized carbons (Fsp3) is 0.800. The fourth-order valence-corrected chi connectivity index (χ4v) is 4.54. The lowest BCUT2D eigenvalue weighted by molar-refractivity contribution is -0.140. The van der Waals surface area contributed by atoms with Gasteiger partial charge in [-0.15, -0.1) is 0 Å². The zero-order valence-electron chi connectivity index (χ0n) is 15.1. The predicted octanol–water partition coefficient (Wildman–Crippen LogP) is 0.578. The van der Waals surface area contributed by atoms with Crippen LogP contribution in [0.3, 0.4) is 0 Å². The van der Waals surface area contributed by atoms with Gasteiger partial charge in [0.1, 0.15) is 6.67 Å². The summed E-state index contributed by atoms with van der Waals surface area (Å²) >= 11 is 1.31. The molecule has 0 radical (unpaired) electrons. The Balaban J connectivity index is 2.77. The highest BCUT2D eigenvalue weighted by molar-refractivity contribution is 8.01. The molecule has 1 fully saturated rings. The number of carbonyl (C=O) groups is 3.